The van der Waals surface area contributed by atoms with Gasteiger partial charge in [0.25, 0.3) is 5.91 Å². The second-order valence-corrected chi connectivity index (χ2v) is 7.48. The molecule has 140 valence electrons. The summed E-state index contributed by atoms with van der Waals surface area (Å²) in [6, 6.07) is 17.7. The molecule has 5 rings (SSSR count). The summed E-state index contributed by atoms with van der Waals surface area (Å²) in [6.07, 6.45) is 3.85. The first-order chi connectivity index (χ1) is 13.7. The topological polar surface area (TPSA) is 69.2 Å². The minimum absolute atomic E-state index is 0.0117. The largest absolute Gasteiger partial charge is 0.391 e. The van der Waals surface area contributed by atoms with Crippen LogP contribution in [0.3, 0.4) is 0 Å². The van der Waals surface area contributed by atoms with E-state index in [0.717, 1.165) is 33.8 Å². The van der Waals surface area contributed by atoms with E-state index in [-0.39, 0.29) is 11.8 Å². The van der Waals surface area contributed by atoms with Gasteiger partial charge in [-0.2, -0.15) is 0 Å². The summed E-state index contributed by atoms with van der Waals surface area (Å²) in [7, 11) is 0. The zero-order chi connectivity index (χ0) is 19.1. The number of carbonyl (C=O) groups excluding carboxylic acids is 1. The number of para-hydroxylation sites is 2. The third-order valence-corrected chi connectivity index (χ3v) is 5.73. The molecule has 5 heteroatoms. The molecule has 0 radical (unpaired) electrons. The molecule has 1 aliphatic heterocycles. The lowest BCUT2D eigenvalue weighted by molar-refractivity contribution is 0.0766. The number of hydrogen-bond donors (Lipinski definition) is 2. The molecule has 2 aromatic carbocycles. The van der Waals surface area contributed by atoms with Crippen molar-refractivity contribution in [1.29, 1.82) is 0 Å². The van der Waals surface area contributed by atoms with Gasteiger partial charge in [0.15, 0.2) is 0 Å². The number of aliphatic hydroxyl groups is 1. The molecule has 2 N–H and O–H groups in total. The number of aromatic amines is 1. The number of likely N-dealkylation sites (tertiary alicyclic amines) is 1. The van der Waals surface area contributed by atoms with Gasteiger partial charge < -0.3 is 15.0 Å². The van der Waals surface area contributed by atoms with E-state index in [9.17, 15) is 9.90 Å². The van der Waals surface area contributed by atoms with Gasteiger partial charge in [0.2, 0.25) is 0 Å². The normalized spacial score (nSPS) is 19.5. The smallest absolute Gasteiger partial charge is 0.256 e. The lowest BCUT2D eigenvalue weighted by atomic mass is 9.94. The van der Waals surface area contributed by atoms with Gasteiger partial charge in [-0.25, -0.2) is 0 Å². The van der Waals surface area contributed by atoms with Crippen LogP contribution in [0.15, 0.2) is 67.0 Å². The SMILES string of the molecule is O=C(c1cccc2cc[nH]c12)N1C[C@@H](Cc2ccnc3ccccc23)[C@H](O)C1. The molecule has 0 aliphatic carbocycles. The fourth-order valence-electron chi connectivity index (χ4n) is 4.27. The van der Waals surface area contributed by atoms with Crippen molar-refractivity contribution in [3.63, 3.8) is 0 Å². The number of β-amino-alcohol motifs (C(OH)–C–C–N with tert-alkyl or cyclic N) is 1. The minimum atomic E-state index is -0.529. The molecule has 1 saturated heterocycles. The Morgan fingerprint density at radius 1 is 1.11 bits per heavy atom. The van der Waals surface area contributed by atoms with Gasteiger partial charge in [-0.1, -0.05) is 30.3 Å². The van der Waals surface area contributed by atoms with Crippen LogP contribution in [0.4, 0.5) is 0 Å². The maximum atomic E-state index is 13.1. The van der Waals surface area contributed by atoms with Crippen LogP contribution in [-0.4, -0.2) is 45.1 Å². The summed E-state index contributed by atoms with van der Waals surface area (Å²) >= 11 is 0. The maximum Gasteiger partial charge on any atom is 0.256 e. The molecule has 2 aromatic heterocycles. The van der Waals surface area contributed by atoms with Gasteiger partial charge in [-0.3, -0.25) is 9.78 Å². The molecule has 0 bridgehead atoms. The number of benzene rings is 2. The van der Waals surface area contributed by atoms with Gasteiger partial charge >= 0.3 is 0 Å². The van der Waals surface area contributed by atoms with Gasteiger partial charge in [-0.05, 0) is 36.2 Å². The molecule has 1 fully saturated rings. The first kappa shape index (κ1) is 17.0. The van der Waals surface area contributed by atoms with Crippen LogP contribution in [0.5, 0.6) is 0 Å². The number of fused-ring (bicyclic) bond motifs is 2. The van der Waals surface area contributed by atoms with E-state index < -0.39 is 6.10 Å². The monoisotopic (exact) mass is 371 g/mol. The van der Waals surface area contributed by atoms with Crippen LogP contribution < -0.4 is 0 Å². The van der Waals surface area contributed by atoms with Crippen LogP contribution in [-0.2, 0) is 6.42 Å². The fourth-order valence-corrected chi connectivity index (χ4v) is 4.27. The zero-order valence-corrected chi connectivity index (χ0v) is 15.4. The average Bonchev–Trinajstić information content (AvgIpc) is 3.34. The molecule has 0 saturated carbocycles. The lowest BCUT2D eigenvalue weighted by Gasteiger charge is -2.17. The number of amides is 1. The highest BCUT2D eigenvalue weighted by Gasteiger charge is 2.35. The number of rotatable bonds is 3. The summed E-state index contributed by atoms with van der Waals surface area (Å²) in [4.78, 5) is 22.4. The lowest BCUT2D eigenvalue weighted by Crippen LogP contribution is -2.29. The highest BCUT2D eigenvalue weighted by atomic mass is 16.3. The third-order valence-electron chi connectivity index (χ3n) is 5.73. The van der Waals surface area contributed by atoms with Crippen molar-refractivity contribution in [3.8, 4) is 0 Å². The van der Waals surface area contributed by atoms with Crippen molar-refractivity contribution >= 4 is 27.7 Å². The average molecular weight is 371 g/mol. The van der Waals surface area contributed by atoms with E-state index >= 15 is 0 Å². The Morgan fingerprint density at radius 2 is 2.00 bits per heavy atom. The Balaban J connectivity index is 1.39. The van der Waals surface area contributed by atoms with Crippen LogP contribution in [0.1, 0.15) is 15.9 Å². The minimum Gasteiger partial charge on any atom is -0.391 e. The predicted molar refractivity (Wildman–Crippen MR) is 109 cm³/mol. The summed E-state index contributed by atoms with van der Waals surface area (Å²) in [6.45, 7) is 0.914. The van der Waals surface area contributed by atoms with Gasteiger partial charge in [0.05, 0.1) is 22.7 Å². The molecule has 28 heavy (non-hydrogen) atoms. The molecular formula is C23H21N3O2. The van der Waals surface area contributed by atoms with Crippen molar-refractivity contribution < 1.29 is 9.90 Å². The van der Waals surface area contributed by atoms with E-state index in [1.54, 1.807) is 4.90 Å². The Bertz CT molecular complexity index is 1160. The van der Waals surface area contributed by atoms with Gasteiger partial charge in [-0.15, -0.1) is 0 Å². The number of nitrogens with one attached hydrogen (secondary N) is 1. The molecule has 1 amide bonds. The molecule has 5 nitrogen and oxygen atoms in total. The first-order valence-corrected chi connectivity index (χ1v) is 9.57. The zero-order valence-electron chi connectivity index (χ0n) is 15.4. The maximum absolute atomic E-state index is 13.1. The highest BCUT2D eigenvalue weighted by molar-refractivity contribution is 6.05. The van der Waals surface area contributed by atoms with Gasteiger partial charge in [0.1, 0.15) is 0 Å². The Hall–Kier alpha value is -3.18. The number of hydrogen-bond acceptors (Lipinski definition) is 3. The number of aliphatic hydroxyl groups excluding tert-OH is 1. The first-order valence-electron chi connectivity index (χ1n) is 9.57. The molecular weight excluding hydrogens is 350 g/mol. The quantitative estimate of drug-likeness (QED) is 0.580. The predicted octanol–water partition coefficient (Wildman–Crippen LogP) is 3.39. The third kappa shape index (κ3) is 2.84. The van der Waals surface area contributed by atoms with Crippen LogP contribution >= 0.6 is 0 Å². The number of pyridine rings is 1. The summed E-state index contributed by atoms with van der Waals surface area (Å²) < 4.78 is 0. The Morgan fingerprint density at radius 3 is 2.93 bits per heavy atom. The molecule has 3 heterocycles. The summed E-state index contributed by atoms with van der Waals surface area (Å²) in [5.41, 5.74) is 3.63. The van der Waals surface area contributed by atoms with E-state index in [4.69, 9.17) is 0 Å². The van der Waals surface area contributed by atoms with E-state index in [1.807, 2.05) is 60.9 Å². The van der Waals surface area contributed by atoms with Crippen LogP contribution in [0.2, 0.25) is 0 Å². The fraction of sp³-hybridized carbons (Fsp3) is 0.217. The molecule has 2 atom stereocenters. The van der Waals surface area contributed by atoms with E-state index in [2.05, 4.69) is 16.0 Å². The van der Waals surface area contributed by atoms with E-state index in [1.165, 1.54) is 0 Å². The molecule has 4 aromatic rings. The summed E-state index contributed by atoms with van der Waals surface area (Å²) in [5.74, 6) is -0.0215. The Kier molecular flexibility index (Phi) is 4.10. The van der Waals surface area contributed by atoms with Crippen molar-refractivity contribution in [3.05, 3.63) is 78.1 Å². The molecule has 1 aliphatic rings. The number of H-pyrrole nitrogens is 1. The molecule has 0 spiro atoms. The number of carbonyl (C=O) groups is 1. The van der Waals surface area contributed by atoms with Crippen molar-refractivity contribution in [2.24, 2.45) is 5.92 Å². The second-order valence-electron chi connectivity index (χ2n) is 7.48. The standard InChI is InChI=1S/C23H21N3O2/c27-21-14-26(23(28)19-6-3-4-15-8-11-25-22(15)19)13-17(21)12-16-9-10-24-20-7-2-1-5-18(16)20/h1-11,17,21,25,27H,12-14H2/t17-,21-/m1/s1. The van der Waals surface area contributed by atoms with Crippen LogP contribution in [0.25, 0.3) is 21.8 Å². The summed E-state index contributed by atoms with van der Waals surface area (Å²) in [5, 5.41) is 12.8. The van der Waals surface area contributed by atoms with E-state index in [0.29, 0.717) is 18.7 Å². The van der Waals surface area contributed by atoms with Crippen molar-refractivity contribution in [1.82, 2.24) is 14.9 Å². The second kappa shape index (κ2) is 6.77. The van der Waals surface area contributed by atoms with Gasteiger partial charge in [0, 0.05) is 42.2 Å². The highest BCUT2D eigenvalue weighted by Crippen LogP contribution is 2.27. The van der Waals surface area contributed by atoms with Crippen molar-refractivity contribution in [2.45, 2.75) is 12.5 Å². The number of nitrogens with zero attached hydrogens (tertiary/aromatic N) is 2. The Labute approximate surface area is 162 Å². The van der Waals surface area contributed by atoms with Crippen molar-refractivity contribution in [2.75, 3.05) is 13.1 Å². The number of aromatic nitrogens is 2. The molecule has 0 unspecified atom stereocenters. The van der Waals surface area contributed by atoms with Crippen LogP contribution in [0, 0.1) is 5.92 Å².